The number of ketones is 1. The number of sulfonamides is 1. The molecule has 2 N–H and O–H groups in total. The van der Waals surface area contributed by atoms with E-state index in [9.17, 15) is 22.0 Å². The van der Waals surface area contributed by atoms with Crippen LogP contribution < -0.4 is 4.72 Å². The molecule has 1 heterocycles. The average Bonchev–Trinajstić information content (AvgIpc) is 2.88. The van der Waals surface area contributed by atoms with Crippen LogP contribution in [0.1, 0.15) is 34.8 Å². The van der Waals surface area contributed by atoms with Gasteiger partial charge in [0.2, 0.25) is 10.0 Å². The van der Waals surface area contributed by atoms with Gasteiger partial charge in [-0.25, -0.2) is 22.2 Å². The normalized spacial score (nSPS) is 11.8. The largest absolute Gasteiger partial charge is 0.352 e. The van der Waals surface area contributed by atoms with Gasteiger partial charge in [0, 0.05) is 23.0 Å². The minimum absolute atomic E-state index is 0.0892. The highest BCUT2D eigenvalue weighted by Crippen LogP contribution is 2.24. The molecule has 0 unspecified atom stereocenters. The first-order valence-electron chi connectivity index (χ1n) is 9.74. The number of rotatable bonds is 9. The predicted molar refractivity (Wildman–Crippen MR) is 127 cm³/mol. The summed E-state index contributed by atoms with van der Waals surface area (Å²) in [6.07, 6.45) is 10.6. The predicted octanol–water partition coefficient (Wildman–Crippen LogP) is 5.52. The van der Waals surface area contributed by atoms with Gasteiger partial charge in [-0.1, -0.05) is 49.4 Å². The Balaban J connectivity index is 2.51. The van der Waals surface area contributed by atoms with Crippen LogP contribution in [0.5, 0.6) is 0 Å². The molecule has 0 spiro atoms. The second kappa shape index (κ2) is 12.1. The molecular weight excluding hydrogens is 472 g/mol. The van der Waals surface area contributed by atoms with Crippen LogP contribution in [0.25, 0.3) is 6.08 Å². The van der Waals surface area contributed by atoms with E-state index in [4.69, 9.17) is 11.6 Å². The highest BCUT2D eigenvalue weighted by Gasteiger charge is 2.23. The molecule has 6 nitrogen and oxygen atoms in total. The topological polar surface area (TPSA) is 91.9 Å². The Morgan fingerprint density at radius 3 is 2.73 bits per heavy atom. The van der Waals surface area contributed by atoms with Crippen molar-refractivity contribution in [2.75, 3.05) is 10.5 Å². The number of benzene rings is 1. The van der Waals surface area contributed by atoms with Crippen LogP contribution in [0.3, 0.4) is 0 Å². The minimum Gasteiger partial charge on any atom is -0.352 e. The second-order valence-electron chi connectivity index (χ2n) is 6.66. The molecule has 1 aromatic heterocycles. The summed E-state index contributed by atoms with van der Waals surface area (Å²) in [5, 5.41) is 0.417. The maximum Gasteiger partial charge on any atom is 0.232 e. The van der Waals surface area contributed by atoms with Crippen molar-refractivity contribution in [2.45, 2.75) is 13.3 Å². The van der Waals surface area contributed by atoms with Crippen LogP contribution in [0.4, 0.5) is 14.5 Å². The van der Waals surface area contributed by atoms with Gasteiger partial charge in [-0.2, -0.15) is 0 Å². The first kappa shape index (κ1) is 26.0. The van der Waals surface area contributed by atoms with E-state index >= 15 is 0 Å². The first-order chi connectivity index (χ1) is 15.7. The number of halogens is 3. The number of nitrogens with zero attached hydrogens (tertiary/aromatic N) is 1. The van der Waals surface area contributed by atoms with Gasteiger partial charge < -0.3 is 4.98 Å². The fourth-order valence-electron chi connectivity index (χ4n) is 2.60. The number of hydrogen-bond acceptors (Lipinski definition) is 4. The second-order valence-corrected chi connectivity index (χ2v) is 8.93. The van der Waals surface area contributed by atoms with E-state index in [2.05, 4.69) is 21.3 Å². The molecule has 0 radical (unpaired) electrons. The number of aromatic nitrogens is 2. The summed E-state index contributed by atoms with van der Waals surface area (Å²) in [6, 6.07) is 4.63. The summed E-state index contributed by atoms with van der Waals surface area (Å²) < 4.78 is 55.5. The lowest BCUT2D eigenvalue weighted by Gasteiger charge is -2.11. The van der Waals surface area contributed by atoms with E-state index in [0.29, 0.717) is 17.0 Å². The van der Waals surface area contributed by atoms with Gasteiger partial charge >= 0.3 is 0 Å². The number of hydrogen-bond donors (Lipinski definition) is 2. The third-order valence-electron chi connectivity index (χ3n) is 4.12. The maximum atomic E-state index is 15.0. The highest BCUT2D eigenvalue weighted by atomic mass is 35.5. The van der Waals surface area contributed by atoms with Crippen molar-refractivity contribution >= 4 is 39.2 Å². The summed E-state index contributed by atoms with van der Waals surface area (Å²) >= 11 is 5.85. The zero-order valence-electron chi connectivity index (χ0n) is 17.7. The van der Waals surface area contributed by atoms with Crippen LogP contribution >= 0.6 is 11.6 Å². The lowest BCUT2D eigenvalue weighted by molar-refractivity contribution is 0.103. The van der Waals surface area contributed by atoms with Crippen molar-refractivity contribution in [1.29, 1.82) is 0 Å². The van der Waals surface area contributed by atoms with Crippen LogP contribution in [0, 0.1) is 11.6 Å². The Morgan fingerprint density at radius 2 is 2.03 bits per heavy atom. The summed E-state index contributed by atoms with van der Waals surface area (Å²) in [4.78, 5) is 19.6. The molecule has 174 valence electrons. The number of allylic oxidation sites excluding steroid dienone is 4. The van der Waals surface area contributed by atoms with Crippen LogP contribution in [-0.4, -0.2) is 29.9 Å². The molecule has 0 saturated heterocycles. The molecule has 2 aromatic rings. The Hall–Kier alpha value is -3.30. The first-order valence-corrected chi connectivity index (χ1v) is 11.8. The van der Waals surface area contributed by atoms with E-state index in [-0.39, 0.29) is 11.3 Å². The van der Waals surface area contributed by atoms with Gasteiger partial charge in [0.25, 0.3) is 0 Å². The molecular formula is C23H22ClF2N3O3S. The third kappa shape index (κ3) is 7.65. The molecule has 0 aliphatic rings. The lowest BCUT2D eigenvalue weighted by Crippen LogP contribution is -2.18. The highest BCUT2D eigenvalue weighted by molar-refractivity contribution is 7.92. The van der Waals surface area contributed by atoms with Crippen molar-refractivity contribution in [3.8, 4) is 0 Å². The van der Waals surface area contributed by atoms with Crippen molar-refractivity contribution in [1.82, 2.24) is 9.97 Å². The average molecular weight is 494 g/mol. The zero-order valence-corrected chi connectivity index (χ0v) is 19.3. The number of H-pyrrole nitrogens is 1. The summed E-state index contributed by atoms with van der Waals surface area (Å²) in [7, 11) is -3.84. The molecule has 1 aromatic carbocycles. The van der Waals surface area contributed by atoms with Gasteiger partial charge in [0.05, 0.1) is 23.3 Å². The number of carbonyl (C=O) groups is 1. The van der Waals surface area contributed by atoms with E-state index in [1.165, 1.54) is 36.9 Å². The summed E-state index contributed by atoms with van der Waals surface area (Å²) in [5.41, 5.74) is -0.929. The monoisotopic (exact) mass is 493 g/mol. The molecule has 33 heavy (non-hydrogen) atoms. The summed E-state index contributed by atoms with van der Waals surface area (Å²) in [5.74, 6) is -3.67. The fraction of sp³-hybridized carbons (Fsp3) is 0.130. The van der Waals surface area contributed by atoms with Gasteiger partial charge in [-0.15, -0.1) is 0 Å². The molecule has 0 atom stereocenters. The fourth-order valence-corrected chi connectivity index (χ4v) is 3.81. The zero-order chi connectivity index (χ0) is 24.4. The Kier molecular flexibility index (Phi) is 9.50. The van der Waals surface area contributed by atoms with Gasteiger partial charge in [0.1, 0.15) is 5.82 Å². The standard InChI is InChI=1S/C23H22ClF2N3O3S/c1-3-12-33(31,32)29-20-11-10-19(25)21(22(20)26)23(30)17-9-8-16(13-27-15-28-14-17)6-5-7-18(24)4-2/h4-11,13-15,29H,2-3,12H2,1H3,(H,27,28)/b6-5+,9-8?,16-13?,17-14?,18-7+. The van der Waals surface area contributed by atoms with Crippen molar-refractivity contribution in [3.05, 3.63) is 101 Å². The van der Waals surface area contributed by atoms with E-state index in [1.807, 2.05) is 0 Å². The SMILES string of the molecule is C=C/C(Cl)=C\C=C\c1ccc(C(=O)c2c(F)ccc(NS(=O)(=O)CCC)c2F)c[nH]cnc1. The van der Waals surface area contributed by atoms with Crippen molar-refractivity contribution in [2.24, 2.45) is 0 Å². The quantitative estimate of drug-likeness (QED) is 0.355. The number of anilines is 1. The molecule has 0 aliphatic heterocycles. The van der Waals surface area contributed by atoms with Gasteiger partial charge in [0.15, 0.2) is 11.6 Å². The van der Waals surface area contributed by atoms with Gasteiger partial charge in [-0.05, 0) is 36.3 Å². The molecule has 0 saturated carbocycles. The third-order valence-corrected chi connectivity index (χ3v) is 5.88. The molecule has 0 fully saturated rings. The lowest BCUT2D eigenvalue weighted by atomic mass is 10.0. The molecule has 0 aliphatic carbocycles. The molecule has 0 amide bonds. The van der Waals surface area contributed by atoms with Crippen molar-refractivity contribution < 1.29 is 22.0 Å². The van der Waals surface area contributed by atoms with Crippen LogP contribution in [0.2, 0.25) is 0 Å². The smallest absolute Gasteiger partial charge is 0.232 e. The van der Waals surface area contributed by atoms with E-state index < -0.39 is 38.7 Å². The van der Waals surface area contributed by atoms with Crippen LogP contribution in [-0.2, 0) is 10.0 Å². The minimum atomic E-state index is -3.84. The van der Waals surface area contributed by atoms with E-state index in [0.717, 1.165) is 12.1 Å². The Morgan fingerprint density at radius 1 is 1.27 bits per heavy atom. The Bertz CT molecular complexity index is 1250. The van der Waals surface area contributed by atoms with Gasteiger partial charge in [-0.3, -0.25) is 9.52 Å². The van der Waals surface area contributed by atoms with Crippen molar-refractivity contribution in [3.63, 3.8) is 0 Å². The molecule has 10 heteroatoms. The Labute approximate surface area is 196 Å². The number of aromatic amines is 1. The maximum absolute atomic E-state index is 15.0. The van der Waals surface area contributed by atoms with E-state index in [1.54, 1.807) is 25.2 Å². The molecule has 2 rings (SSSR count). The molecule has 0 bridgehead atoms. The number of carbonyl (C=O) groups excluding carboxylic acids is 1. The van der Waals surface area contributed by atoms with Crippen LogP contribution in [0.15, 0.2) is 72.8 Å². The summed E-state index contributed by atoms with van der Waals surface area (Å²) in [6.45, 7) is 5.18. The number of nitrogens with one attached hydrogen (secondary N) is 2.